The van der Waals surface area contributed by atoms with E-state index in [1.165, 1.54) is 12.8 Å². The topological polar surface area (TPSA) is 32.3 Å². The van der Waals surface area contributed by atoms with Gasteiger partial charge < -0.3 is 10.2 Å². The molecule has 1 N–H and O–H groups in total. The highest BCUT2D eigenvalue weighted by Crippen LogP contribution is 2.24. The highest BCUT2D eigenvalue weighted by Gasteiger charge is 2.36. The van der Waals surface area contributed by atoms with Crippen molar-refractivity contribution < 1.29 is 4.79 Å². The van der Waals surface area contributed by atoms with Gasteiger partial charge in [-0.25, -0.2) is 0 Å². The van der Waals surface area contributed by atoms with Crippen LogP contribution in [0, 0.1) is 0 Å². The molecule has 0 saturated carbocycles. The first-order valence-electron chi connectivity index (χ1n) is 4.79. The van der Waals surface area contributed by atoms with Gasteiger partial charge in [0.2, 0.25) is 5.91 Å². The van der Waals surface area contributed by atoms with Crippen LogP contribution in [0.2, 0.25) is 0 Å². The van der Waals surface area contributed by atoms with Crippen LogP contribution in [0.1, 0.15) is 26.2 Å². The van der Waals surface area contributed by atoms with E-state index < -0.39 is 0 Å². The van der Waals surface area contributed by atoms with Crippen LogP contribution in [0.3, 0.4) is 0 Å². The molecule has 2 atom stereocenters. The average molecular weight is 168 g/mol. The minimum Gasteiger partial charge on any atom is -0.338 e. The molecule has 12 heavy (non-hydrogen) atoms. The SMILES string of the molecule is CC(=O)N1CCC2NCCCC21. The molecule has 2 heterocycles. The van der Waals surface area contributed by atoms with Crippen molar-refractivity contribution in [1.29, 1.82) is 0 Å². The molecule has 3 nitrogen and oxygen atoms in total. The van der Waals surface area contributed by atoms with E-state index in [4.69, 9.17) is 0 Å². The van der Waals surface area contributed by atoms with Crippen molar-refractivity contribution in [3.63, 3.8) is 0 Å². The standard InChI is InChI=1S/C9H16N2O/c1-7(12)11-6-4-8-9(11)3-2-5-10-8/h8-10H,2-6H2,1H3. The molecule has 2 saturated heterocycles. The van der Waals surface area contributed by atoms with E-state index in [1.807, 2.05) is 4.90 Å². The number of amides is 1. The van der Waals surface area contributed by atoms with Crippen molar-refractivity contribution >= 4 is 5.91 Å². The Hall–Kier alpha value is -0.570. The van der Waals surface area contributed by atoms with Crippen molar-refractivity contribution in [3.8, 4) is 0 Å². The first kappa shape index (κ1) is 8.05. The van der Waals surface area contributed by atoms with E-state index in [1.54, 1.807) is 6.92 Å². The summed E-state index contributed by atoms with van der Waals surface area (Å²) >= 11 is 0. The number of nitrogens with zero attached hydrogens (tertiary/aromatic N) is 1. The number of fused-ring (bicyclic) bond motifs is 1. The number of nitrogens with one attached hydrogen (secondary N) is 1. The molecule has 0 bridgehead atoms. The van der Waals surface area contributed by atoms with Gasteiger partial charge >= 0.3 is 0 Å². The second-order valence-corrected chi connectivity index (χ2v) is 3.77. The van der Waals surface area contributed by atoms with Gasteiger partial charge in [0.15, 0.2) is 0 Å². The molecule has 68 valence electrons. The van der Waals surface area contributed by atoms with Crippen molar-refractivity contribution in [3.05, 3.63) is 0 Å². The Labute approximate surface area is 73.1 Å². The molecule has 2 rings (SSSR count). The summed E-state index contributed by atoms with van der Waals surface area (Å²) in [6, 6.07) is 1.08. The Bertz CT molecular complexity index is 193. The maximum Gasteiger partial charge on any atom is 0.219 e. The highest BCUT2D eigenvalue weighted by atomic mass is 16.2. The van der Waals surface area contributed by atoms with Gasteiger partial charge in [0.1, 0.15) is 0 Å². The lowest BCUT2D eigenvalue weighted by atomic mass is 9.99. The predicted octanol–water partition coefficient (Wildman–Crippen LogP) is 0.359. The van der Waals surface area contributed by atoms with Crippen LogP contribution in [-0.4, -0.2) is 36.0 Å². The van der Waals surface area contributed by atoms with Gasteiger partial charge in [-0.15, -0.1) is 0 Å². The van der Waals surface area contributed by atoms with Gasteiger partial charge in [-0.2, -0.15) is 0 Å². The number of likely N-dealkylation sites (tertiary alicyclic amines) is 1. The fraction of sp³-hybridized carbons (Fsp3) is 0.889. The van der Waals surface area contributed by atoms with Gasteiger partial charge in [0.05, 0.1) is 0 Å². The Morgan fingerprint density at radius 2 is 2.33 bits per heavy atom. The normalized spacial score (nSPS) is 34.9. The average Bonchev–Trinajstić information content (AvgIpc) is 2.47. The van der Waals surface area contributed by atoms with Crippen molar-refractivity contribution in [1.82, 2.24) is 10.2 Å². The molecule has 0 aromatic carbocycles. The summed E-state index contributed by atoms with van der Waals surface area (Å²) in [4.78, 5) is 13.2. The molecule has 2 unspecified atom stereocenters. The molecule has 2 aliphatic rings. The molecule has 3 heteroatoms. The Morgan fingerprint density at radius 1 is 1.50 bits per heavy atom. The number of piperidine rings is 1. The smallest absolute Gasteiger partial charge is 0.219 e. The van der Waals surface area contributed by atoms with Crippen LogP contribution in [0.25, 0.3) is 0 Å². The van der Waals surface area contributed by atoms with Crippen LogP contribution in [-0.2, 0) is 4.79 Å². The van der Waals surface area contributed by atoms with Gasteiger partial charge in [-0.3, -0.25) is 4.79 Å². The molecule has 0 aliphatic carbocycles. The third kappa shape index (κ3) is 1.22. The van der Waals surface area contributed by atoms with E-state index in [0.29, 0.717) is 12.1 Å². The van der Waals surface area contributed by atoms with Crippen LogP contribution in [0.4, 0.5) is 0 Å². The van der Waals surface area contributed by atoms with E-state index in [2.05, 4.69) is 5.32 Å². The van der Waals surface area contributed by atoms with Crippen molar-refractivity contribution in [2.45, 2.75) is 38.3 Å². The largest absolute Gasteiger partial charge is 0.338 e. The second-order valence-electron chi connectivity index (χ2n) is 3.77. The summed E-state index contributed by atoms with van der Waals surface area (Å²) in [5.41, 5.74) is 0. The third-order valence-corrected chi connectivity index (χ3v) is 3.03. The molecule has 0 radical (unpaired) electrons. The van der Waals surface area contributed by atoms with E-state index in [-0.39, 0.29) is 5.91 Å². The van der Waals surface area contributed by atoms with Crippen LogP contribution in [0.15, 0.2) is 0 Å². The molecule has 0 aromatic rings. The summed E-state index contributed by atoms with van der Waals surface area (Å²) in [6.07, 6.45) is 3.55. The maximum atomic E-state index is 11.2. The number of hydrogen-bond acceptors (Lipinski definition) is 2. The predicted molar refractivity (Wildman–Crippen MR) is 46.8 cm³/mol. The lowest BCUT2D eigenvalue weighted by Crippen LogP contribution is -2.48. The Balaban J connectivity index is 2.05. The van der Waals surface area contributed by atoms with E-state index in [9.17, 15) is 4.79 Å². The third-order valence-electron chi connectivity index (χ3n) is 3.03. The second kappa shape index (κ2) is 3.05. The molecule has 0 spiro atoms. The zero-order valence-corrected chi connectivity index (χ0v) is 7.55. The van der Waals surface area contributed by atoms with E-state index in [0.717, 1.165) is 19.5 Å². The molecular weight excluding hydrogens is 152 g/mol. The van der Waals surface area contributed by atoms with Crippen LogP contribution >= 0.6 is 0 Å². The van der Waals surface area contributed by atoms with Crippen LogP contribution < -0.4 is 5.32 Å². The Morgan fingerprint density at radius 3 is 3.08 bits per heavy atom. The number of rotatable bonds is 0. The van der Waals surface area contributed by atoms with Crippen LogP contribution in [0.5, 0.6) is 0 Å². The summed E-state index contributed by atoms with van der Waals surface area (Å²) in [5.74, 6) is 0.242. The zero-order chi connectivity index (χ0) is 8.55. The Kier molecular flexibility index (Phi) is 2.05. The molecule has 2 fully saturated rings. The zero-order valence-electron chi connectivity index (χ0n) is 7.55. The number of carbonyl (C=O) groups excluding carboxylic acids is 1. The summed E-state index contributed by atoms with van der Waals surface area (Å²) in [5, 5.41) is 3.47. The fourth-order valence-corrected chi connectivity index (χ4v) is 2.44. The van der Waals surface area contributed by atoms with Gasteiger partial charge in [-0.1, -0.05) is 0 Å². The summed E-state index contributed by atoms with van der Waals surface area (Å²) in [6.45, 7) is 3.77. The van der Waals surface area contributed by atoms with Gasteiger partial charge in [0.25, 0.3) is 0 Å². The number of hydrogen-bond donors (Lipinski definition) is 1. The van der Waals surface area contributed by atoms with Crippen molar-refractivity contribution in [2.75, 3.05) is 13.1 Å². The first-order valence-corrected chi connectivity index (χ1v) is 4.79. The molecule has 0 aromatic heterocycles. The summed E-state index contributed by atoms with van der Waals surface area (Å²) < 4.78 is 0. The lowest BCUT2D eigenvalue weighted by Gasteiger charge is -2.31. The molecule has 2 aliphatic heterocycles. The van der Waals surface area contributed by atoms with Crippen molar-refractivity contribution in [2.24, 2.45) is 0 Å². The summed E-state index contributed by atoms with van der Waals surface area (Å²) in [7, 11) is 0. The minimum absolute atomic E-state index is 0.242. The molecule has 1 amide bonds. The fourth-order valence-electron chi connectivity index (χ4n) is 2.44. The van der Waals surface area contributed by atoms with E-state index >= 15 is 0 Å². The lowest BCUT2D eigenvalue weighted by molar-refractivity contribution is -0.130. The quantitative estimate of drug-likeness (QED) is 0.566. The van der Waals surface area contributed by atoms with Gasteiger partial charge in [0, 0.05) is 25.6 Å². The number of carbonyl (C=O) groups is 1. The monoisotopic (exact) mass is 168 g/mol. The van der Waals surface area contributed by atoms with Gasteiger partial charge in [-0.05, 0) is 25.8 Å². The first-order chi connectivity index (χ1) is 5.79. The highest BCUT2D eigenvalue weighted by molar-refractivity contribution is 5.74. The maximum absolute atomic E-state index is 11.2. The minimum atomic E-state index is 0.242. The molecular formula is C9H16N2O.